The standard InChI is InChI=1S/C23H29.C13H8Cl2.C5H5.Zr/c1-14-9-16-11-17-10-15(2)21(23(6,7)8)13-19(17)18(16)12-20(14)22(3,4)5;14-12-5-1-3-10(8-12)7-11-4-2-6-13(15)9-11;1-2-4-5-3-1;/h9-13H,1-8H3;1-6,8-9H;1-5H;. The van der Waals surface area contributed by atoms with Crippen LogP contribution in [-0.2, 0) is 32.1 Å². The molecule has 0 fully saturated rings. The van der Waals surface area contributed by atoms with Gasteiger partial charge in [-0.25, -0.2) is 0 Å². The Hall–Kier alpha value is -2.31. The van der Waals surface area contributed by atoms with E-state index in [9.17, 15) is 0 Å². The van der Waals surface area contributed by atoms with E-state index < -0.39 is 21.3 Å². The van der Waals surface area contributed by atoms with Crippen LogP contribution in [0.25, 0.3) is 11.1 Å². The topological polar surface area (TPSA) is 0 Å². The molecule has 2 aliphatic carbocycles. The van der Waals surface area contributed by atoms with E-state index in [1.165, 1.54) is 58.8 Å². The van der Waals surface area contributed by atoms with Crippen molar-refractivity contribution in [3.63, 3.8) is 0 Å². The van der Waals surface area contributed by atoms with Gasteiger partial charge < -0.3 is 0 Å². The Morgan fingerprint density at radius 1 is 0.614 bits per heavy atom. The molecule has 0 atom stereocenters. The van der Waals surface area contributed by atoms with Gasteiger partial charge >= 0.3 is 284 Å². The fourth-order valence-electron chi connectivity index (χ4n) is 7.45. The van der Waals surface area contributed by atoms with Crippen molar-refractivity contribution in [3.05, 3.63) is 152 Å². The first-order valence-electron chi connectivity index (χ1n) is 15.7. The molecule has 224 valence electrons. The molecule has 0 heterocycles. The first kappa shape index (κ1) is 31.7. The van der Waals surface area contributed by atoms with Crippen LogP contribution in [0.3, 0.4) is 0 Å². The normalized spacial score (nSPS) is 14.7. The second-order valence-corrected chi connectivity index (χ2v) is 22.0. The predicted octanol–water partition coefficient (Wildman–Crippen LogP) is 12.1. The third kappa shape index (κ3) is 5.86. The molecular weight excluding hydrogens is 655 g/mol. The van der Waals surface area contributed by atoms with Crippen molar-refractivity contribution in [2.24, 2.45) is 0 Å². The van der Waals surface area contributed by atoms with Gasteiger partial charge in [-0.3, -0.25) is 0 Å². The molecule has 0 nitrogen and oxygen atoms in total. The van der Waals surface area contributed by atoms with Crippen molar-refractivity contribution in [1.29, 1.82) is 0 Å². The summed E-state index contributed by atoms with van der Waals surface area (Å²) in [6, 6.07) is 27.1. The number of halogens is 2. The molecule has 0 saturated carbocycles. The van der Waals surface area contributed by atoms with Gasteiger partial charge in [0.1, 0.15) is 0 Å². The van der Waals surface area contributed by atoms with Gasteiger partial charge in [0.2, 0.25) is 0 Å². The number of rotatable bonds is 4. The molecule has 4 aromatic rings. The summed E-state index contributed by atoms with van der Waals surface area (Å²) in [6.45, 7) is 18.6. The average molecular weight is 697 g/mol. The van der Waals surface area contributed by atoms with Crippen LogP contribution >= 0.6 is 23.2 Å². The maximum absolute atomic E-state index is 6.71. The maximum atomic E-state index is 6.71. The van der Waals surface area contributed by atoms with Gasteiger partial charge in [0.15, 0.2) is 0 Å². The molecule has 0 saturated heterocycles. The third-order valence-corrected chi connectivity index (χ3v) is 18.3. The zero-order valence-corrected chi connectivity index (χ0v) is 31.1. The number of aryl methyl sites for hydroxylation is 2. The van der Waals surface area contributed by atoms with Gasteiger partial charge in [-0.05, 0) is 0 Å². The molecule has 0 unspecified atom stereocenters. The number of benzene rings is 4. The van der Waals surface area contributed by atoms with Gasteiger partial charge in [-0.2, -0.15) is 0 Å². The molecule has 0 bridgehead atoms. The summed E-state index contributed by atoms with van der Waals surface area (Å²) in [7, 11) is 0. The van der Waals surface area contributed by atoms with Gasteiger partial charge in [0.05, 0.1) is 0 Å². The van der Waals surface area contributed by atoms with E-state index >= 15 is 0 Å². The Balaban J connectivity index is 1.77. The van der Waals surface area contributed by atoms with Crippen molar-refractivity contribution in [2.45, 2.75) is 73.5 Å². The Morgan fingerprint density at radius 2 is 1.05 bits per heavy atom. The van der Waals surface area contributed by atoms with Crippen LogP contribution in [0.1, 0.15) is 89.7 Å². The van der Waals surface area contributed by atoms with E-state index in [-0.39, 0.29) is 10.8 Å². The van der Waals surface area contributed by atoms with Crippen LogP contribution in [0.4, 0.5) is 0 Å². The summed E-state index contributed by atoms with van der Waals surface area (Å²) in [6.07, 6.45) is 9.40. The van der Waals surface area contributed by atoms with Crippen LogP contribution in [0.15, 0.2) is 97.1 Å². The average Bonchev–Trinajstić information content (AvgIpc) is 3.56. The summed E-state index contributed by atoms with van der Waals surface area (Å²) in [5, 5.41) is 1.54. The first-order valence-corrected chi connectivity index (χ1v) is 20.5. The van der Waals surface area contributed by atoms with Crippen molar-refractivity contribution in [2.75, 3.05) is 0 Å². The van der Waals surface area contributed by atoms with Crippen LogP contribution in [0, 0.1) is 13.8 Å². The Kier molecular flexibility index (Phi) is 8.50. The molecule has 0 N–H and O–H groups in total. The molecule has 0 amide bonds. The van der Waals surface area contributed by atoms with Crippen molar-refractivity contribution in [3.8, 4) is 11.1 Å². The van der Waals surface area contributed by atoms with Crippen molar-refractivity contribution >= 4 is 26.4 Å². The zero-order chi connectivity index (χ0) is 31.6. The molecule has 2 aliphatic rings. The van der Waals surface area contributed by atoms with E-state index in [2.05, 4.69) is 140 Å². The molecule has 0 radical (unpaired) electrons. The van der Waals surface area contributed by atoms with E-state index in [0.29, 0.717) is 7.25 Å². The Morgan fingerprint density at radius 3 is 1.43 bits per heavy atom. The molecule has 4 aromatic carbocycles. The molecular formula is C41H42Cl2Zr. The summed E-state index contributed by atoms with van der Waals surface area (Å²) in [4.78, 5) is 0. The number of hydrogen-bond acceptors (Lipinski definition) is 0. The minimum absolute atomic E-state index is 0.0618. The number of hydrogen-bond donors (Lipinski definition) is 0. The van der Waals surface area contributed by atoms with Crippen LogP contribution < -0.4 is 0 Å². The van der Waals surface area contributed by atoms with Crippen LogP contribution in [0.2, 0.25) is 13.7 Å². The second-order valence-electron chi connectivity index (χ2n) is 14.6. The van der Waals surface area contributed by atoms with Gasteiger partial charge in [0, 0.05) is 0 Å². The third-order valence-electron chi connectivity index (χ3n) is 9.25. The number of fused-ring (bicyclic) bond motifs is 3. The predicted molar refractivity (Wildman–Crippen MR) is 189 cm³/mol. The molecule has 44 heavy (non-hydrogen) atoms. The molecule has 0 spiro atoms. The van der Waals surface area contributed by atoms with Crippen LogP contribution in [0.5, 0.6) is 0 Å². The minimum atomic E-state index is -2.81. The zero-order valence-electron chi connectivity index (χ0n) is 27.1. The summed E-state index contributed by atoms with van der Waals surface area (Å²) in [5.41, 5.74) is 14.1. The SMILES string of the molecule is Cc1cc2c(cc1C(C)(C)C)-c1cc(C(C)(C)C)c(C)cc1[CH]2[Zr](=[C](c1cccc(Cl)c1)c1cccc(Cl)c1)[CH]1C=CC=C1. The van der Waals surface area contributed by atoms with E-state index in [1.54, 1.807) is 0 Å². The number of allylic oxidation sites excluding steroid dienone is 4. The summed E-state index contributed by atoms with van der Waals surface area (Å²) in [5.74, 6) is 0. The molecule has 0 aliphatic heterocycles. The first-order chi connectivity index (χ1) is 20.7. The van der Waals surface area contributed by atoms with Crippen molar-refractivity contribution < 1.29 is 21.3 Å². The molecule has 6 rings (SSSR count). The van der Waals surface area contributed by atoms with Crippen LogP contribution in [-0.4, -0.2) is 3.21 Å². The van der Waals surface area contributed by atoms with Gasteiger partial charge in [-0.15, -0.1) is 0 Å². The van der Waals surface area contributed by atoms with E-state index in [1.807, 2.05) is 12.1 Å². The van der Waals surface area contributed by atoms with Crippen molar-refractivity contribution in [1.82, 2.24) is 0 Å². The quantitative estimate of drug-likeness (QED) is 0.199. The fraction of sp³-hybridized carbons (Fsp3) is 0.293. The summed E-state index contributed by atoms with van der Waals surface area (Å²) < 4.78 is 2.21. The Labute approximate surface area is 282 Å². The monoisotopic (exact) mass is 694 g/mol. The second kappa shape index (κ2) is 11.8. The van der Waals surface area contributed by atoms with Gasteiger partial charge in [0.25, 0.3) is 0 Å². The Bertz CT molecular complexity index is 1740. The molecule has 0 aromatic heterocycles. The molecule has 3 heteroatoms. The van der Waals surface area contributed by atoms with E-state index in [4.69, 9.17) is 23.2 Å². The van der Waals surface area contributed by atoms with E-state index in [0.717, 1.165) is 10.0 Å². The summed E-state index contributed by atoms with van der Waals surface area (Å²) >= 11 is 10.6. The fourth-order valence-corrected chi connectivity index (χ4v) is 17.1. The van der Waals surface area contributed by atoms with Gasteiger partial charge in [-0.1, -0.05) is 0 Å².